The first kappa shape index (κ1) is 27.9. The van der Waals surface area contributed by atoms with Gasteiger partial charge in [0.25, 0.3) is 0 Å². The Bertz CT molecular complexity index is 1520. The standard InChI is InChI=1S/C35H31BrN2O4/c36-27-18-16-26(17-19-27)30(23-10-4-1-5-11-23)33(39)37-22-28-20-21-29(32(37)35(41)42)38(28)34(40)31(24-12-6-2-7-13-24)25-14-8-3-9-15-25/h1-19,28-32H,20-22H2,(H,41,42)/t28-,29+,30?,32-/m0/s1. The highest BCUT2D eigenvalue weighted by molar-refractivity contribution is 9.10. The summed E-state index contributed by atoms with van der Waals surface area (Å²) in [7, 11) is 0. The van der Waals surface area contributed by atoms with Crippen LogP contribution in [-0.4, -0.2) is 57.4 Å². The molecule has 0 aromatic heterocycles. The maximum Gasteiger partial charge on any atom is 0.328 e. The second-order valence-electron chi connectivity index (χ2n) is 11.0. The molecule has 2 bridgehead atoms. The zero-order valence-electron chi connectivity index (χ0n) is 22.9. The zero-order chi connectivity index (χ0) is 29.2. The molecular formula is C35H31BrN2O4. The largest absolute Gasteiger partial charge is 0.480 e. The predicted molar refractivity (Wildman–Crippen MR) is 164 cm³/mol. The Morgan fingerprint density at radius 3 is 1.57 bits per heavy atom. The molecule has 0 aliphatic carbocycles. The van der Waals surface area contributed by atoms with Gasteiger partial charge in [0, 0.05) is 17.1 Å². The molecule has 4 aromatic carbocycles. The van der Waals surface area contributed by atoms with Crippen molar-refractivity contribution in [2.24, 2.45) is 0 Å². The van der Waals surface area contributed by atoms with Crippen LogP contribution in [0.1, 0.15) is 46.9 Å². The number of fused-ring (bicyclic) bond motifs is 2. The number of carbonyl (C=O) groups excluding carboxylic acids is 2. The number of hydrogen-bond acceptors (Lipinski definition) is 3. The first-order chi connectivity index (χ1) is 20.4. The summed E-state index contributed by atoms with van der Waals surface area (Å²) >= 11 is 3.47. The molecule has 7 heteroatoms. The van der Waals surface area contributed by atoms with Crippen LogP contribution in [0.3, 0.4) is 0 Å². The fourth-order valence-electron chi connectivity index (χ4n) is 6.68. The summed E-state index contributed by atoms with van der Waals surface area (Å²) in [4.78, 5) is 45.1. The second kappa shape index (κ2) is 11.9. The van der Waals surface area contributed by atoms with Gasteiger partial charge >= 0.3 is 5.97 Å². The molecule has 42 heavy (non-hydrogen) atoms. The monoisotopic (exact) mass is 622 g/mol. The van der Waals surface area contributed by atoms with Crippen LogP contribution in [0.2, 0.25) is 0 Å². The maximum atomic E-state index is 14.4. The molecule has 0 radical (unpaired) electrons. The van der Waals surface area contributed by atoms with Gasteiger partial charge in [0.05, 0.1) is 17.9 Å². The molecule has 6 rings (SSSR count). The van der Waals surface area contributed by atoms with Crippen molar-refractivity contribution >= 4 is 33.7 Å². The SMILES string of the molecule is O=C(O)[C@@H]1[C@H]2CC[C@@H](CN1C(=O)C(c1ccccc1)c1ccc(Br)cc1)N2C(=O)C(c1ccccc1)c1ccccc1. The number of amides is 2. The molecule has 2 heterocycles. The Balaban J connectivity index is 1.36. The highest BCUT2D eigenvalue weighted by atomic mass is 79.9. The summed E-state index contributed by atoms with van der Waals surface area (Å²) in [5.74, 6) is -2.70. The minimum Gasteiger partial charge on any atom is -0.480 e. The van der Waals surface area contributed by atoms with Crippen molar-refractivity contribution in [1.82, 2.24) is 9.80 Å². The number of piperazine rings is 1. The lowest BCUT2D eigenvalue weighted by molar-refractivity contribution is -0.161. The molecule has 2 aliphatic heterocycles. The molecule has 4 atom stereocenters. The Kier molecular flexibility index (Phi) is 7.94. The van der Waals surface area contributed by atoms with Gasteiger partial charge in [-0.05, 0) is 47.2 Å². The second-order valence-corrected chi connectivity index (χ2v) is 11.9. The van der Waals surface area contributed by atoms with Crippen molar-refractivity contribution in [3.05, 3.63) is 142 Å². The third kappa shape index (κ3) is 5.25. The molecule has 1 unspecified atom stereocenters. The van der Waals surface area contributed by atoms with E-state index in [9.17, 15) is 19.5 Å². The lowest BCUT2D eigenvalue weighted by Gasteiger charge is -2.47. The number of rotatable bonds is 7. The average Bonchev–Trinajstić information content (AvgIpc) is 3.32. The lowest BCUT2D eigenvalue weighted by atomic mass is 9.87. The van der Waals surface area contributed by atoms with E-state index >= 15 is 0 Å². The van der Waals surface area contributed by atoms with Crippen LogP contribution in [0.4, 0.5) is 0 Å². The molecule has 0 spiro atoms. The number of hydrogen-bond donors (Lipinski definition) is 1. The van der Waals surface area contributed by atoms with Crippen LogP contribution in [-0.2, 0) is 14.4 Å². The molecule has 2 saturated heterocycles. The fourth-order valence-corrected chi connectivity index (χ4v) is 6.94. The van der Waals surface area contributed by atoms with Gasteiger partial charge in [-0.15, -0.1) is 0 Å². The van der Waals surface area contributed by atoms with E-state index < -0.39 is 29.9 Å². The molecule has 2 fully saturated rings. The molecular weight excluding hydrogens is 592 g/mol. The first-order valence-electron chi connectivity index (χ1n) is 14.2. The van der Waals surface area contributed by atoms with Crippen LogP contribution in [0, 0.1) is 0 Å². The Labute approximate surface area is 253 Å². The number of nitrogens with zero attached hydrogens (tertiary/aromatic N) is 2. The molecule has 212 valence electrons. The van der Waals surface area contributed by atoms with Crippen LogP contribution >= 0.6 is 15.9 Å². The van der Waals surface area contributed by atoms with Crippen LogP contribution in [0.15, 0.2) is 120 Å². The van der Waals surface area contributed by atoms with Crippen molar-refractivity contribution in [1.29, 1.82) is 0 Å². The molecule has 0 saturated carbocycles. The molecule has 1 N–H and O–H groups in total. The number of likely N-dealkylation sites (tertiary alicyclic amines) is 1. The summed E-state index contributed by atoms with van der Waals surface area (Å²) < 4.78 is 0.894. The maximum absolute atomic E-state index is 14.4. The highest BCUT2D eigenvalue weighted by Crippen LogP contribution is 2.40. The van der Waals surface area contributed by atoms with Crippen molar-refractivity contribution in [2.75, 3.05) is 6.54 Å². The van der Waals surface area contributed by atoms with Gasteiger partial charge in [-0.2, -0.15) is 0 Å². The zero-order valence-corrected chi connectivity index (χ0v) is 24.5. The number of carbonyl (C=O) groups is 3. The Hall–Kier alpha value is -4.23. The fraction of sp³-hybridized carbons (Fsp3) is 0.229. The van der Waals surface area contributed by atoms with E-state index in [4.69, 9.17) is 0 Å². The third-order valence-electron chi connectivity index (χ3n) is 8.54. The summed E-state index contributed by atoms with van der Waals surface area (Å²) in [5, 5.41) is 10.6. The van der Waals surface area contributed by atoms with Crippen LogP contribution < -0.4 is 0 Å². The number of aliphatic carboxylic acids is 1. The molecule has 2 aliphatic rings. The van der Waals surface area contributed by atoms with Gasteiger partial charge in [0.2, 0.25) is 11.8 Å². The first-order valence-corrected chi connectivity index (χ1v) is 15.0. The summed E-state index contributed by atoms with van der Waals surface area (Å²) in [5.41, 5.74) is 3.31. The van der Waals surface area contributed by atoms with Gasteiger partial charge < -0.3 is 14.9 Å². The summed E-state index contributed by atoms with van der Waals surface area (Å²) in [6, 6.07) is 34.3. The quantitative estimate of drug-likeness (QED) is 0.271. The molecule has 4 aromatic rings. The topological polar surface area (TPSA) is 77.9 Å². The van der Waals surface area contributed by atoms with Gasteiger partial charge in [0.15, 0.2) is 0 Å². The van der Waals surface area contributed by atoms with Gasteiger partial charge in [0.1, 0.15) is 6.04 Å². The van der Waals surface area contributed by atoms with Gasteiger partial charge in [-0.25, -0.2) is 4.79 Å². The van der Waals surface area contributed by atoms with E-state index in [0.717, 1.165) is 26.7 Å². The Morgan fingerprint density at radius 2 is 1.10 bits per heavy atom. The van der Waals surface area contributed by atoms with Crippen molar-refractivity contribution in [2.45, 2.75) is 42.8 Å². The number of halogens is 1. The minimum absolute atomic E-state index is 0.120. The highest BCUT2D eigenvalue weighted by Gasteiger charge is 2.54. The average molecular weight is 624 g/mol. The lowest BCUT2D eigenvalue weighted by Crippen LogP contribution is -2.66. The van der Waals surface area contributed by atoms with E-state index in [0.29, 0.717) is 12.8 Å². The van der Waals surface area contributed by atoms with E-state index in [-0.39, 0.29) is 24.4 Å². The summed E-state index contributed by atoms with van der Waals surface area (Å²) in [6.07, 6.45) is 1.18. The van der Waals surface area contributed by atoms with Crippen LogP contribution in [0.25, 0.3) is 0 Å². The molecule has 6 nitrogen and oxygen atoms in total. The third-order valence-corrected chi connectivity index (χ3v) is 9.07. The van der Waals surface area contributed by atoms with Crippen LogP contribution in [0.5, 0.6) is 0 Å². The number of carboxylic acid groups (broad SMARTS) is 1. The van der Waals surface area contributed by atoms with Gasteiger partial charge in [-0.1, -0.05) is 119 Å². The normalized spacial score (nSPS) is 20.4. The van der Waals surface area contributed by atoms with E-state index in [2.05, 4.69) is 15.9 Å². The van der Waals surface area contributed by atoms with Crippen molar-refractivity contribution in [3.8, 4) is 0 Å². The van der Waals surface area contributed by atoms with E-state index in [1.165, 1.54) is 4.90 Å². The van der Waals surface area contributed by atoms with E-state index in [1.807, 2.05) is 115 Å². The van der Waals surface area contributed by atoms with Gasteiger partial charge in [-0.3, -0.25) is 9.59 Å². The van der Waals surface area contributed by atoms with E-state index in [1.54, 1.807) is 4.90 Å². The number of benzene rings is 4. The smallest absolute Gasteiger partial charge is 0.328 e. The van der Waals surface area contributed by atoms with Crippen molar-refractivity contribution in [3.63, 3.8) is 0 Å². The van der Waals surface area contributed by atoms with Crippen molar-refractivity contribution < 1.29 is 19.5 Å². The Morgan fingerprint density at radius 1 is 0.643 bits per heavy atom. The summed E-state index contributed by atoms with van der Waals surface area (Å²) in [6.45, 7) is 0.175. The number of carboxylic acids is 1. The molecule has 2 amide bonds. The minimum atomic E-state index is -1.14. The predicted octanol–water partition coefficient (Wildman–Crippen LogP) is 6.07.